The van der Waals surface area contributed by atoms with Crippen molar-refractivity contribution < 1.29 is 4.42 Å². The number of rotatable bonds is 6. The average Bonchev–Trinajstić information content (AvgIpc) is 3.94. The Kier molecular flexibility index (Phi) is 9.76. The molecule has 0 N–H and O–H groups in total. The highest BCUT2D eigenvalue weighted by atomic mass is 16.3. The van der Waals surface area contributed by atoms with Crippen molar-refractivity contribution in [3.05, 3.63) is 242 Å². The minimum absolute atomic E-state index is 0.620. The highest BCUT2D eigenvalue weighted by Gasteiger charge is 2.16. The van der Waals surface area contributed by atoms with Crippen molar-refractivity contribution in [2.24, 2.45) is 0 Å². The van der Waals surface area contributed by atoms with Crippen molar-refractivity contribution in [2.45, 2.75) is 6.92 Å². The molecule has 0 saturated heterocycles. The first-order chi connectivity index (χ1) is 31.2. The fourth-order valence-electron chi connectivity index (χ4n) is 8.97. The standard InChI is InChI=1S/C49H32N2O.C11H10/c1-2-12-33(13-3-1)37-28-31-45-48(32-37)52-49(50-45)36-24-22-34(23-25-36)39-14-4-6-16-41(39)42-17-7-5-15-40(42)35-26-29-38(30-27-35)51-46-20-10-8-18-43(46)44-19-9-11-21-47(44)51;1-9-5-4-7-10-6-2-3-8-11(9)10/h1-32H;2-8H,1H3. The van der Waals surface area contributed by atoms with Gasteiger partial charge in [-0.3, -0.25) is 0 Å². The zero-order valence-corrected chi connectivity index (χ0v) is 34.8. The Morgan fingerprint density at radius 2 is 0.857 bits per heavy atom. The molecular weight excluding hydrogens is 765 g/mol. The van der Waals surface area contributed by atoms with Gasteiger partial charge in [0.05, 0.1) is 11.0 Å². The van der Waals surface area contributed by atoms with Crippen molar-refractivity contribution in [3.8, 4) is 61.6 Å². The third-order valence-electron chi connectivity index (χ3n) is 12.1. The summed E-state index contributed by atoms with van der Waals surface area (Å²) in [5.74, 6) is 0.620. The van der Waals surface area contributed by atoms with Crippen LogP contribution in [0.15, 0.2) is 241 Å². The van der Waals surface area contributed by atoms with Crippen LogP contribution in [-0.2, 0) is 0 Å². The molecule has 3 heteroatoms. The van der Waals surface area contributed by atoms with Gasteiger partial charge in [-0.1, -0.05) is 188 Å². The monoisotopic (exact) mass is 806 g/mol. The van der Waals surface area contributed by atoms with Crippen molar-refractivity contribution in [2.75, 3.05) is 0 Å². The maximum absolute atomic E-state index is 6.28. The number of aromatic nitrogens is 2. The highest BCUT2D eigenvalue weighted by Crippen LogP contribution is 2.40. The van der Waals surface area contributed by atoms with E-state index in [9.17, 15) is 0 Å². The third kappa shape index (κ3) is 7.16. The number of aryl methyl sites for hydroxylation is 1. The predicted octanol–water partition coefficient (Wildman–Crippen LogP) is 16.4. The topological polar surface area (TPSA) is 31.0 Å². The first-order valence-electron chi connectivity index (χ1n) is 21.4. The molecule has 63 heavy (non-hydrogen) atoms. The summed E-state index contributed by atoms with van der Waals surface area (Å²) < 4.78 is 8.64. The van der Waals surface area contributed by atoms with Gasteiger partial charge in [0.25, 0.3) is 0 Å². The van der Waals surface area contributed by atoms with Crippen molar-refractivity contribution in [1.82, 2.24) is 9.55 Å². The van der Waals surface area contributed by atoms with Crippen LogP contribution in [0.1, 0.15) is 5.56 Å². The van der Waals surface area contributed by atoms with E-state index in [1.54, 1.807) is 0 Å². The average molecular weight is 807 g/mol. The van der Waals surface area contributed by atoms with Crippen LogP contribution >= 0.6 is 0 Å². The van der Waals surface area contributed by atoms with Gasteiger partial charge in [0, 0.05) is 22.0 Å². The molecular formula is C60H42N2O. The molecule has 0 radical (unpaired) electrons. The number of nitrogens with zero attached hydrogens (tertiary/aromatic N) is 2. The van der Waals surface area contributed by atoms with Crippen LogP contribution in [0.5, 0.6) is 0 Å². The largest absolute Gasteiger partial charge is 0.436 e. The Hall–Kier alpha value is -8.27. The molecule has 2 aromatic heterocycles. The van der Waals surface area contributed by atoms with Gasteiger partial charge in [-0.05, 0) is 116 Å². The normalized spacial score (nSPS) is 11.3. The number of hydrogen-bond donors (Lipinski definition) is 0. The summed E-state index contributed by atoms with van der Waals surface area (Å²) in [5, 5.41) is 5.22. The van der Waals surface area contributed by atoms with Gasteiger partial charge in [-0.25, -0.2) is 4.98 Å². The van der Waals surface area contributed by atoms with Crippen LogP contribution in [0, 0.1) is 6.92 Å². The van der Waals surface area contributed by atoms with Gasteiger partial charge in [0.2, 0.25) is 5.89 Å². The second-order valence-electron chi connectivity index (χ2n) is 15.9. The summed E-state index contributed by atoms with van der Waals surface area (Å²) in [4.78, 5) is 4.81. The molecule has 0 atom stereocenters. The van der Waals surface area contributed by atoms with E-state index in [1.807, 2.05) is 12.1 Å². The molecule has 12 rings (SSSR count). The van der Waals surface area contributed by atoms with E-state index in [0.717, 1.165) is 39.0 Å². The molecule has 0 bridgehead atoms. The van der Waals surface area contributed by atoms with Crippen molar-refractivity contribution >= 4 is 43.7 Å². The van der Waals surface area contributed by atoms with E-state index in [1.165, 1.54) is 66.0 Å². The summed E-state index contributed by atoms with van der Waals surface area (Å²) >= 11 is 0. The lowest BCUT2D eigenvalue weighted by Gasteiger charge is -2.15. The fraction of sp³-hybridized carbons (Fsp3) is 0.0167. The number of benzene rings is 10. The second kappa shape index (κ2) is 16.3. The number of para-hydroxylation sites is 2. The molecule has 10 aromatic carbocycles. The van der Waals surface area contributed by atoms with Gasteiger partial charge in [-0.15, -0.1) is 0 Å². The quantitative estimate of drug-likeness (QED) is 0.168. The van der Waals surface area contributed by atoms with Gasteiger partial charge >= 0.3 is 0 Å². The molecule has 0 fully saturated rings. The molecule has 0 unspecified atom stereocenters. The molecule has 0 aliphatic heterocycles. The van der Waals surface area contributed by atoms with Crippen LogP contribution in [0.4, 0.5) is 0 Å². The Labute approximate surface area is 366 Å². The van der Waals surface area contributed by atoms with Crippen LogP contribution in [-0.4, -0.2) is 9.55 Å². The third-order valence-corrected chi connectivity index (χ3v) is 12.1. The first kappa shape index (κ1) is 37.7. The molecule has 298 valence electrons. The SMILES string of the molecule is Cc1cccc2ccccc12.c1ccc(-c2ccc3nc(-c4ccc(-c5ccccc5-c5ccccc5-c5ccc(-n6c7ccccc7c7ccccc76)cc5)cc4)oc3c2)cc1. The van der Waals surface area contributed by atoms with Gasteiger partial charge in [0.15, 0.2) is 5.58 Å². The lowest BCUT2D eigenvalue weighted by molar-refractivity contribution is 0.620. The molecule has 0 aliphatic rings. The van der Waals surface area contributed by atoms with E-state index in [0.29, 0.717) is 5.89 Å². The minimum Gasteiger partial charge on any atom is -0.436 e. The lowest BCUT2D eigenvalue weighted by Crippen LogP contribution is -1.94. The fourth-order valence-corrected chi connectivity index (χ4v) is 8.97. The summed E-state index contributed by atoms with van der Waals surface area (Å²) in [7, 11) is 0. The molecule has 3 nitrogen and oxygen atoms in total. The molecule has 0 saturated carbocycles. The Morgan fingerprint density at radius 1 is 0.365 bits per heavy atom. The number of oxazole rings is 1. The molecule has 12 aromatic rings. The van der Waals surface area contributed by atoms with Gasteiger partial charge < -0.3 is 8.98 Å². The van der Waals surface area contributed by atoms with Crippen LogP contribution in [0.3, 0.4) is 0 Å². The second-order valence-corrected chi connectivity index (χ2v) is 15.9. The predicted molar refractivity (Wildman–Crippen MR) is 264 cm³/mol. The Bertz CT molecular complexity index is 3500. The van der Waals surface area contributed by atoms with Gasteiger partial charge in [-0.2, -0.15) is 0 Å². The summed E-state index contributed by atoms with van der Waals surface area (Å²) in [6.07, 6.45) is 0. The van der Waals surface area contributed by atoms with E-state index in [2.05, 4.69) is 236 Å². The maximum atomic E-state index is 6.28. The Morgan fingerprint density at radius 3 is 1.49 bits per heavy atom. The van der Waals surface area contributed by atoms with Gasteiger partial charge in [0.1, 0.15) is 5.52 Å². The zero-order valence-electron chi connectivity index (χ0n) is 34.8. The summed E-state index contributed by atoms with van der Waals surface area (Å²) in [5.41, 5.74) is 16.8. The lowest BCUT2D eigenvalue weighted by atomic mass is 9.89. The van der Waals surface area contributed by atoms with Crippen LogP contribution in [0.25, 0.3) is 105 Å². The number of fused-ring (bicyclic) bond motifs is 5. The molecule has 0 spiro atoms. The highest BCUT2D eigenvalue weighted by molar-refractivity contribution is 6.09. The van der Waals surface area contributed by atoms with E-state index < -0.39 is 0 Å². The number of hydrogen-bond acceptors (Lipinski definition) is 2. The first-order valence-corrected chi connectivity index (χ1v) is 21.4. The van der Waals surface area contributed by atoms with E-state index in [-0.39, 0.29) is 0 Å². The smallest absolute Gasteiger partial charge is 0.227 e. The maximum Gasteiger partial charge on any atom is 0.227 e. The summed E-state index contributed by atoms with van der Waals surface area (Å²) in [6, 6.07) is 83.6. The minimum atomic E-state index is 0.620. The van der Waals surface area contributed by atoms with E-state index in [4.69, 9.17) is 9.40 Å². The Balaban J connectivity index is 0.000000351. The van der Waals surface area contributed by atoms with E-state index >= 15 is 0 Å². The zero-order chi connectivity index (χ0) is 42.1. The van der Waals surface area contributed by atoms with Crippen LogP contribution < -0.4 is 0 Å². The summed E-state index contributed by atoms with van der Waals surface area (Å²) in [6.45, 7) is 2.14. The molecule has 2 heterocycles. The van der Waals surface area contributed by atoms with Crippen molar-refractivity contribution in [1.29, 1.82) is 0 Å². The van der Waals surface area contributed by atoms with Crippen LogP contribution in [0.2, 0.25) is 0 Å². The van der Waals surface area contributed by atoms with Crippen molar-refractivity contribution in [3.63, 3.8) is 0 Å². The molecule has 0 aliphatic carbocycles. The molecule has 0 amide bonds.